The summed E-state index contributed by atoms with van der Waals surface area (Å²) in [6.07, 6.45) is 0. The molecule has 0 bridgehead atoms. The zero-order valence-electron chi connectivity index (χ0n) is 11.6. The van der Waals surface area contributed by atoms with Gasteiger partial charge in [0, 0.05) is 23.6 Å². The molecule has 3 aromatic rings. The van der Waals surface area contributed by atoms with Gasteiger partial charge in [0.25, 0.3) is 0 Å². The quantitative estimate of drug-likeness (QED) is 0.792. The second kappa shape index (κ2) is 5.29. The lowest BCUT2D eigenvalue weighted by Crippen LogP contribution is -2.06. The predicted octanol–water partition coefficient (Wildman–Crippen LogP) is 3.80. The Labute approximate surface area is 122 Å². The van der Waals surface area contributed by atoms with Crippen molar-refractivity contribution in [1.29, 1.82) is 5.26 Å². The molecule has 2 aromatic carbocycles. The summed E-state index contributed by atoms with van der Waals surface area (Å²) >= 11 is 0. The number of rotatable bonds is 3. The Bertz CT molecular complexity index is 826. The molecule has 0 atom stereocenters. The molecule has 21 heavy (non-hydrogen) atoms. The van der Waals surface area contributed by atoms with E-state index in [1.807, 2.05) is 35.9 Å². The van der Waals surface area contributed by atoms with Crippen molar-refractivity contribution in [1.82, 2.24) is 4.57 Å². The average molecular weight is 279 g/mol. The Balaban J connectivity index is 1.95. The van der Waals surface area contributed by atoms with Crippen molar-refractivity contribution in [3.05, 3.63) is 65.6 Å². The maximum Gasteiger partial charge on any atom is 0.123 e. The van der Waals surface area contributed by atoms with Gasteiger partial charge in [-0.05, 0) is 30.3 Å². The minimum atomic E-state index is -0.261. The summed E-state index contributed by atoms with van der Waals surface area (Å²) in [6, 6.07) is 16.3. The Kier molecular flexibility index (Phi) is 3.33. The molecule has 0 fully saturated rings. The Hall–Kier alpha value is -2.80. The predicted molar refractivity (Wildman–Crippen MR) is 81.4 cm³/mol. The van der Waals surface area contributed by atoms with Gasteiger partial charge in [-0.15, -0.1) is 0 Å². The zero-order chi connectivity index (χ0) is 14.8. The first-order chi connectivity index (χ1) is 10.2. The van der Waals surface area contributed by atoms with E-state index in [0.717, 1.165) is 22.3 Å². The van der Waals surface area contributed by atoms with E-state index in [2.05, 4.69) is 11.4 Å². The number of halogens is 1. The van der Waals surface area contributed by atoms with Crippen molar-refractivity contribution < 1.29 is 4.39 Å². The van der Waals surface area contributed by atoms with Crippen LogP contribution in [0.1, 0.15) is 11.3 Å². The SMILES string of the molecule is Cn1c(CNc2ccc(F)cc2)c(C#N)c2ccccc21. The number of nitrogens with one attached hydrogen (secondary N) is 1. The largest absolute Gasteiger partial charge is 0.379 e. The number of nitriles is 1. The van der Waals surface area contributed by atoms with Crippen molar-refractivity contribution in [2.24, 2.45) is 7.05 Å². The highest BCUT2D eigenvalue weighted by atomic mass is 19.1. The number of benzene rings is 2. The molecule has 1 aromatic heterocycles. The lowest BCUT2D eigenvalue weighted by molar-refractivity contribution is 0.628. The van der Waals surface area contributed by atoms with Crippen molar-refractivity contribution in [2.75, 3.05) is 5.32 Å². The van der Waals surface area contributed by atoms with Crippen LogP contribution in [0.5, 0.6) is 0 Å². The summed E-state index contributed by atoms with van der Waals surface area (Å²) in [5.74, 6) is -0.261. The molecule has 0 saturated carbocycles. The average Bonchev–Trinajstić information content (AvgIpc) is 2.79. The topological polar surface area (TPSA) is 40.8 Å². The first-order valence-corrected chi connectivity index (χ1v) is 6.66. The number of para-hydroxylation sites is 1. The fraction of sp³-hybridized carbons (Fsp3) is 0.118. The minimum Gasteiger partial charge on any atom is -0.379 e. The van der Waals surface area contributed by atoms with Crippen LogP contribution in [0.3, 0.4) is 0 Å². The molecule has 0 saturated heterocycles. The van der Waals surface area contributed by atoms with Gasteiger partial charge >= 0.3 is 0 Å². The molecular weight excluding hydrogens is 265 g/mol. The normalized spacial score (nSPS) is 10.5. The molecule has 0 spiro atoms. The molecule has 1 N–H and O–H groups in total. The van der Waals surface area contributed by atoms with E-state index < -0.39 is 0 Å². The van der Waals surface area contributed by atoms with Gasteiger partial charge in [-0.3, -0.25) is 0 Å². The van der Waals surface area contributed by atoms with Crippen LogP contribution in [-0.2, 0) is 13.6 Å². The van der Waals surface area contributed by atoms with E-state index in [1.54, 1.807) is 12.1 Å². The fourth-order valence-corrected chi connectivity index (χ4v) is 2.53. The molecule has 0 radical (unpaired) electrons. The highest BCUT2D eigenvalue weighted by molar-refractivity contribution is 5.88. The Morgan fingerprint density at radius 1 is 1.14 bits per heavy atom. The van der Waals surface area contributed by atoms with Gasteiger partial charge in [-0.1, -0.05) is 18.2 Å². The lowest BCUT2D eigenvalue weighted by Gasteiger charge is -2.08. The molecule has 3 rings (SSSR count). The maximum atomic E-state index is 12.9. The first-order valence-electron chi connectivity index (χ1n) is 6.66. The highest BCUT2D eigenvalue weighted by Crippen LogP contribution is 2.25. The van der Waals surface area contributed by atoms with Crippen LogP contribution in [0.4, 0.5) is 10.1 Å². The summed E-state index contributed by atoms with van der Waals surface area (Å²) in [4.78, 5) is 0. The number of hydrogen-bond donors (Lipinski definition) is 1. The number of hydrogen-bond acceptors (Lipinski definition) is 2. The van der Waals surface area contributed by atoms with Gasteiger partial charge in [-0.25, -0.2) is 4.39 Å². The van der Waals surface area contributed by atoms with E-state index in [-0.39, 0.29) is 5.82 Å². The second-order valence-electron chi connectivity index (χ2n) is 4.87. The minimum absolute atomic E-state index is 0.261. The van der Waals surface area contributed by atoms with Crippen LogP contribution in [0, 0.1) is 17.1 Å². The van der Waals surface area contributed by atoms with Crippen LogP contribution in [0.15, 0.2) is 48.5 Å². The Morgan fingerprint density at radius 2 is 1.86 bits per heavy atom. The molecule has 3 nitrogen and oxygen atoms in total. The standard InChI is InChI=1S/C17H14FN3/c1-21-16-5-3-2-4-14(16)15(10-19)17(21)11-20-13-8-6-12(18)7-9-13/h2-9,20H,11H2,1H3. The summed E-state index contributed by atoms with van der Waals surface area (Å²) in [7, 11) is 1.95. The first kappa shape index (κ1) is 13.2. The van der Waals surface area contributed by atoms with Crippen LogP contribution in [0.2, 0.25) is 0 Å². The smallest absolute Gasteiger partial charge is 0.123 e. The maximum absolute atomic E-state index is 12.9. The number of nitrogens with zero attached hydrogens (tertiary/aromatic N) is 2. The van der Waals surface area contributed by atoms with Crippen molar-refractivity contribution in [2.45, 2.75) is 6.54 Å². The van der Waals surface area contributed by atoms with E-state index in [1.165, 1.54) is 12.1 Å². The lowest BCUT2D eigenvalue weighted by atomic mass is 10.1. The van der Waals surface area contributed by atoms with Crippen LogP contribution >= 0.6 is 0 Å². The van der Waals surface area contributed by atoms with Gasteiger partial charge in [-0.2, -0.15) is 5.26 Å². The van der Waals surface area contributed by atoms with E-state index >= 15 is 0 Å². The highest BCUT2D eigenvalue weighted by Gasteiger charge is 2.13. The third kappa shape index (κ3) is 2.34. The molecule has 0 aliphatic carbocycles. The van der Waals surface area contributed by atoms with E-state index in [9.17, 15) is 9.65 Å². The third-order valence-corrected chi connectivity index (χ3v) is 3.64. The fourth-order valence-electron chi connectivity index (χ4n) is 2.53. The number of aryl methyl sites for hydroxylation is 1. The second-order valence-corrected chi connectivity index (χ2v) is 4.87. The number of aromatic nitrogens is 1. The molecule has 0 unspecified atom stereocenters. The Morgan fingerprint density at radius 3 is 2.57 bits per heavy atom. The van der Waals surface area contributed by atoms with Gasteiger partial charge in [0.2, 0.25) is 0 Å². The molecule has 1 heterocycles. The molecule has 0 aliphatic heterocycles. The van der Waals surface area contributed by atoms with Crippen LogP contribution in [-0.4, -0.2) is 4.57 Å². The zero-order valence-corrected chi connectivity index (χ0v) is 11.6. The van der Waals surface area contributed by atoms with Crippen molar-refractivity contribution in [3.8, 4) is 6.07 Å². The van der Waals surface area contributed by atoms with Gasteiger partial charge in [0.1, 0.15) is 11.9 Å². The number of fused-ring (bicyclic) bond motifs is 1. The van der Waals surface area contributed by atoms with Crippen molar-refractivity contribution in [3.63, 3.8) is 0 Å². The van der Waals surface area contributed by atoms with Gasteiger partial charge in [0.05, 0.1) is 17.8 Å². The van der Waals surface area contributed by atoms with Crippen LogP contribution < -0.4 is 5.32 Å². The number of anilines is 1. The van der Waals surface area contributed by atoms with Crippen LogP contribution in [0.25, 0.3) is 10.9 Å². The van der Waals surface area contributed by atoms with Gasteiger partial charge in [0.15, 0.2) is 0 Å². The summed E-state index contributed by atoms with van der Waals surface area (Å²) in [6.45, 7) is 0.514. The summed E-state index contributed by atoms with van der Waals surface area (Å²) in [5, 5.41) is 13.6. The molecule has 104 valence electrons. The van der Waals surface area contributed by atoms with E-state index in [4.69, 9.17) is 0 Å². The monoisotopic (exact) mass is 279 g/mol. The molecule has 0 aliphatic rings. The third-order valence-electron chi connectivity index (χ3n) is 3.64. The molecular formula is C17H14FN3. The van der Waals surface area contributed by atoms with E-state index in [0.29, 0.717) is 12.1 Å². The molecule has 4 heteroatoms. The van der Waals surface area contributed by atoms with Gasteiger partial charge < -0.3 is 9.88 Å². The molecule has 0 amide bonds. The van der Waals surface area contributed by atoms with Crippen molar-refractivity contribution >= 4 is 16.6 Å². The summed E-state index contributed by atoms with van der Waals surface area (Å²) in [5.41, 5.74) is 3.46. The summed E-state index contributed by atoms with van der Waals surface area (Å²) < 4.78 is 14.9.